The molecule has 0 aliphatic heterocycles. The summed E-state index contributed by atoms with van der Waals surface area (Å²) < 4.78 is 5.77. The van der Waals surface area contributed by atoms with Gasteiger partial charge in [-0.1, -0.05) is 29.3 Å². The van der Waals surface area contributed by atoms with E-state index < -0.39 is 0 Å². The van der Waals surface area contributed by atoms with Crippen LogP contribution in [0.4, 0.5) is 0 Å². The van der Waals surface area contributed by atoms with Crippen molar-refractivity contribution in [2.45, 2.75) is 13.5 Å². The topological polar surface area (TPSA) is 25.0 Å². The maximum Gasteiger partial charge on any atom is 0.121 e. The average Bonchev–Trinajstić information content (AvgIpc) is 2.79. The van der Waals surface area contributed by atoms with Crippen LogP contribution in [0.25, 0.3) is 10.9 Å². The molecule has 0 unspecified atom stereocenters. The third kappa shape index (κ3) is 2.59. The number of aromatic amines is 1. The van der Waals surface area contributed by atoms with E-state index in [2.05, 4.69) is 30.1 Å². The predicted octanol–water partition coefficient (Wildman–Crippen LogP) is 4.71. The van der Waals surface area contributed by atoms with Crippen molar-refractivity contribution in [2.75, 3.05) is 0 Å². The molecule has 0 amide bonds. The van der Waals surface area contributed by atoms with Crippen molar-refractivity contribution in [1.82, 2.24) is 4.98 Å². The molecule has 1 heterocycles. The van der Waals surface area contributed by atoms with Crippen molar-refractivity contribution in [3.8, 4) is 5.75 Å². The first-order valence-corrected chi connectivity index (χ1v) is 6.55. The van der Waals surface area contributed by atoms with Gasteiger partial charge in [-0.25, -0.2) is 0 Å². The largest absolute Gasteiger partial charge is 0.489 e. The molecular weight excluding hydrogens is 258 g/mol. The lowest BCUT2D eigenvalue weighted by molar-refractivity contribution is 0.307. The van der Waals surface area contributed by atoms with E-state index in [1.54, 1.807) is 0 Å². The van der Waals surface area contributed by atoms with E-state index in [1.807, 2.05) is 30.5 Å². The summed E-state index contributed by atoms with van der Waals surface area (Å²) >= 11 is 5.94. The van der Waals surface area contributed by atoms with E-state index >= 15 is 0 Å². The van der Waals surface area contributed by atoms with Gasteiger partial charge in [0.15, 0.2) is 0 Å². The molecule has 0 saturated carbocycles. The zero-order valence-corrected chi connectivity index (χ0v) is 11.4. The lowest BCUT2D eigenvalue weighted by Gasteiger charge is -2.05. The van der Waals surface area contributed by atoms with Crippen molar-refractivity contribution in [3.63, 3.8) is 0 Å². The third-order valence-corrected chi connectivity index (χ3v) is 3.35. The lowest BCUT2D eigenvalue weighted by atomic mass is 10.1. The van der Waals surface area contributed by atoms with Gasteiger partial charge in [-0.2, -0.15) is 0 Å². The van der Waals surface area contributed by atoms with Gasteiger partial charge in [-0.05, 0) is 37.3 Å². The molecule has 0 aliphatic carbocycles. The highest BCUT2D eigenvalue weighted by Gasteiger charge is 2.04. The van der Waals surface area contributed by atoms with Gasteiger partial charge in [0.05, 0.1) is 0 Å². The molecule has 2 nitrogen and oxygen atoms in total. The van der Waals surface area contributed by atoms with Crippen molar-refractivity contribution >= 4 is 22.5 Å². The van der Waals surface area contributed by atoms with Crippen molar-refractivity contribution in [2.24, 2.45) is 0 Å². The van der Waals surface area contributed by atoms with Gasteiger partial charge in [-0.3, -0.25) is 0 Å². The van der Waals surface area contributed by atoms with Gasteiger partial charge < -0.3 is 9.72 Å². The molecule has 0 bridgehead atoms. The number of nitrogens with one attached hydrogen (secondary N) is 1. The van der Waals surface area contributed by atoms with Crippen molar-refractivity contribution < 1.29 is 4.74 Å². The van der Waals surface area contributed by atoms with Crippen molar-refractivity contribution in [1.29, 1.82) is 0 Å². The molecule has 1 aromatic heterocycles. The molecule has 0 fully saturated rings. The Labute approximate surface area is 117 Å². The van der Waals surface area contributed by atoms with Crippen LogP contribution in [0, 0.1) is 6.92 Å². The Morgan fingerprint density at radius 2 is 2.05 bits per heavy atom. The number of rotatable bonds is 3. The number of H-pyrrole nitrogens is 1. The van der Waals surface area contributed by atoms with Gasteiger partial charge in [0.25, 0.3) is 0 Å². The smallest absolute Gasteiger partial charge is 0.121 e. The molecule has 0 spiro atoms. The van der Waals surface area contributed by atoms with E-state index in [0.29, 0.717) is 11.6 Å². The second kappa shape index (κ2) is 4.98. The first-order chi connectivity index (χ1) is 9.22. The summed E-state index contributed by atoms with van der Waals surface area (Å²) in [7, 11) is 0. The number of aromatic nitrogens is 1. The highest BCUT2D eigenvalue weighted by atomic mass is 35.5. The second-order valence-corrected chi connectivity index (χ2v) is 5.05. The minimum atomic E-state index is 0.532. The zero-order valence-electron chi connectivity index (χ0n) is 10.6. The highest BCUT2D eigenvalue weighted by Crippen LogP contribution is 2.23. The highest BCUT2D eigenvalue weighted by molar-refractivity contribution is 6.30. The lowest BCUT2D eigenvalue weighted by Crippen LogP contribution is -1.94. The molecule has 3 aromatic rings. The Balaban J connectivity index is 1.84. The summed E-state index contributed by atoms with van der Waals surface area (Å²) in [6, 6.07) is 13.8. The maximum absolute atomic E-state index is 5.94. The van der Waals surface area contributed by atoms with E-state index in [-0.39, 0.29) is 0 Å². The van der Waals surface area contributed by atoms with E-state index in [4.69, 9.17) is 16.3 Å². The Bertz CT molecular complexity index is 718. The molecule has 0 radical (unpaired) electrons. The van der Waals surface area contributed by atoms with E-state index in [9.17, 15) is 0 Å². The second-order valence-electron chi connectivity index (χ2n) is 4.61. The SMILES string of the molecule is Cc1ccc2[nH]cc(COc3cccc(Cl)c3)c2c1. The van der Waals surface area contributed by atoms with Crippen LogP contribution < -0.4 is 4.74 Å². The van der Waals surface area contributed by atoms with Crippen LogP contribution in [-0.2, 0) is 6.61 Å². The maximum atomic E-state index is 5.94. The van der Waals surface area contributed by atoms with Gasteiger partial charge in [0.2, 0.25) is 0 Å². The average molecular weight is 272 g/mol. The predicted molar refractivity (Wildman–Crippen MR) is 78.8 cm³/mol. The number of benzene rings is 2. The van der Waals surface area contributed by atoms with Gasteiger partial charge in [0.1, 0.15) is 12.4 Å². The van der Waals surface area contributed by atoms with Crippen LogP contribution in [0.3, 0.4) is 0 Å². The molecule has 3 heteroatoms. The van der Waals surface area contributed by atoms with E-state index in [1.165, 1.54) is 10.9 Å². The number of hydrogen-bond donors (Lipinski definition) is 1. The summed E-state index contributed by atoms with van der Waals surface area (Å²) in [5.41, 5.74) is 3.53. The molecule has 0 saturated heterocycles. The van der Waals surface area contributed by atoms with Gasteiger partial charge in [0, 0.05) is 27.7 Å². The normalized spacial score (nSPS) is 10.8. The van der Waals surface area contributed by atoms with Gasteiger partial charge >= 0.3 is 0 Å². The Morgan fingerprint density at radius 1 is 1.16 bits per heavy atom. The van der Waals surface area contributed by atoms with Gasteiger partial charge in [-0.15, -0.1) is 0 Å². The minimum absolute atomic E-state index is 0.532. The van der Waals surface area contributed by atoms with Crippen LogP contribution in [0.1, 0.15) is 11.1 Å². The summed E-state index contributed by atoms with van der Waals surface area (Å²) in [5.74, 6) is 0.787. The fourth-order valence-corrected chi connectivity index (χ4v) is 2.31. The summed E-state index contributed by atoms with van der Waals surface area (Å²) in [5, 5.41) is 1.90. The minimum Gasteiger partial charge on any atom is -0.489 e. The molecule has 0 atom stereocenters. The van der Waals surface area contributed by atoms with E-state index in [0.717, 1.165) is 16.8 Å². The standard InChI is InChI=1S/C16H14ClNO/c1-11-5-6-16-15(7-11)12(9-18-16)10-19-14-4-2-3-13(17)8-14/h2-9,18H,10H2,1H3. The Hall–Kier alpha value is -1.93. The molecule has 1 N–H and O–H groups in total. The molecule has 19 heavy (non-hydrogen) atoms. The van der Waals surface area contributed by atoms with Crippen LogP contribution in [-0.4, -0.2) is 4.98 Å². The Kier molecular flexibility index (Phi) is 3.18. The summed E-state index contributed by atoms with van der Waals surface area (Å²) in [6.45, 7) is 2.62. The number of halogens is 1. The molecule has 0 aliphatic rings. The zero-order chi connectivity index (χ0) is 13.2. The fourth-order valence-electron chi connectivity index (χ4n) is 2.13. The molecule has 96 valence electrons. The third-order valence-electron chi connectivity index (χ3n) is 3.11. The van der Waals surface area contributed by atoms with Crippen LogP contribution >= 0.6 is 11.6 Å². The number of fused-ring (bicyclic) bond motifs is 1. The quantitative estimate of drug-likeness (QED) is 0.733. The fraction of sp³-hybridized carbons (Fsp3) is 0.125. The molecule has 3 rings (SSSR count). The van der Waals surface area contributed by atoms with Crippen LogP contribution in [0.5, 0.6) is 5.75 Å². The molecular formula is C16H14ClNO. The molecule has 2 aromatic carbocycles. The van der Waals surface area contributed by atoms with Crippen LogP contribution in [0.15, 0.2) is 48.7 Å². The number of hydrogen-bond acceptors (Lipinski definition) is 1. The number of aryl methyl sites for hydroxylation is 1. The Morgan fingerprint density at radius 3 is 2.89 bits per heavy atom. The monoisotopic (exact) mass is 271 g/mol. The first-order valence-electron chi connectivity index (χ1n) is 6.17. The van der Waals surface area contributed by atoms with Crippen molar-refractivity contribution in [3.05, 3.63) is 64.8 Å². The first kappa shape index (κ1) is 12.1. The summed E-state index contributed by atoms with van der Waals surface area (Å²) in [4.78, 5) is 3.26. The summed E-state index contributed by atoms with van der Waals surface area (Å²) in [6.07, 6.45) is 1.99. The number of ether oxygens (including phenoxy) is 1. The van der Waals surface area contributed by atoms with Crippen LogP contribution in [0.2, 0.25) is 5.02 Å².